The van der Waals surface area contributed by atoms with Crippen molar-refractivity contribution >= 4 is 27.0 Å². The number of pyridine rings is 1. The Morgan fingerprint density at radius 3 is 2.36 bits per heavy atom. The van der Waals surface area contributed by atoms with Crippen LogP contribution >= 0.6 is 0 Å². The van der Waals surface area contributed by atoms with Gasteiger partial charge in [-0.2, -0.15) is 13.2 Å². The van der Waals surface area contributed by atoms with Crippen LogP contribution in [-0.2, 0) is 16.0 Å². The molecule has 0 amide bonds. The zero-order valence-corrected chi connectivity index (χ0v) is 15.5. The number of benzene rings is 1. The van der Waals surface area contributed by atoms with Gasteiger partial charge in [0.25, 0.3) is 5.69 Å². The summed E-state index contributed by atoms with van der Waals surface area (Å²) in [6, 6.07) is 5.71. The molecule has 0 unspecified atom stereocenters. The van der Waals surface area contributed by atoms with E-state index in [4.69, 9.17) is 0 Å². The van der Waals surface area contributed by atoms with Gasteiger partial charge in [-0.25, -0.2) is 13.4 Å². The number of nitro groups is 1. The van der Waals surface area contributed by atoms with Crippen molar-refractivity contribution in [1.82, 2.24) is 4.98 Å². The van der Waals surface area contributed by atoms with Gasteiger partial charge in [0, 0.05) is 31.6 Å². The van der Waals surface area contributed by atoms with E-state index < -0.39 is 26.5 Å². The predicted molar refractivity (Wildman–Crippen MR) is 97.0 cm³/mol. The quantitative estimate of drug-likeness (QED) is 0.384. The van der Waals surface area contributed by atoms with Gasteiger partial charge >= 0.3 is 6.18 Å². The van der Waals surface area contributed by atoms with Gasteiger partial charge in [0.15, 0.2) is 9.84 Å². The Morgan fingerprint density at radius 2 is 1.82 bits per heavy atom. The summed E-state index contributed by atoms with van der Waals surface area (Å²) in [5.74, 6) is 0.275. The normalized spacial score (nSPS) is 11.9. The van der Waals surface area contributed by atoms with Crippen LogP contribution in [0, 0.1) is 10.1 Å². The summed E-state index contributed by atoms with van der Waals surface area (Å²) >= 11 is 0. The monoisotopic (exact) mass is 418 g/mol. The molecule has 2 N–H and O–H groups in total. The maximum Gasteiger partial charge on any atom is 0.417 e. The Morgan fingerprint density at radius 1 is 1.14 bits per heavy atom. The van der Waals surface area contributed by atoms with Gasteiger partial charge in [-0.1, -0.05) is 0 Å². The van der Waals surface area contributed by atoms with Crippen LogP contribution < -0.4 is 10.6 Å². The summed E-state index contributed by atoms with van der Waals surface area (Å²) in [7, 11) is -3.57. The standard InChI is InChI=1S/C16H17F3N4O4S/c1-28(26,27)12-4-5-13(14(9-12)23(24)25)20-7-2-8-21-15-6-3-11(10-22-15)16(17,18)19/h3-6,9-10,20H,2,7-8H2,1H3,(H,21,22). The molecule has 1 aromatic carbocycles. The summed E-state index contributed by atoms with van der Waals surface area (Å²) in [5.41, 5.74) is -1.03. The zero-order chi connectivity index (χ0) is 20.9. The van der Waals surface area contributed by atoms with Gasteiger partial charge in [0.2, 0.25) is 0 Å². The first-order valence-corrected chi connectivity index (χ1v) is 9.87. The molecule has 1 aromatic heterocycles. The topological polar surface area (TPSA) is 114 Å². The zero-order valence-electron chi connectivity index (χ0n) is 14.7. The first-order valence-electron chi connectivity index (χ1n) is 7.98. The number of hydrogen-bond acceptors (Lipinski definition) is 7. The van der Waals surface area contributed by atoms with Crippen LogP contribution in [0.3, 0.4) is 0 Å². The van der Waals surface area contributed by atoms with Crippen LogP contribution in [-0.4, -0.2) is 37.7 Å². The smallest absolute Gasteiger partial charge is 0.379 e. The molecule has 12 heteroatoms. The van der Waals surface area contributed by atoms with E-state index in [0.29, 0.717) is 19.5 Å². The lowest BCUT2D eigenvalue weighted by Gasteiger charge is -2.10. The summed E-state index contributed by atoms with van der Waals surface area (Å²) in [5, 5.41) is 16.8. The Hall–Kier alpha value is -2.89. The van der Waals surface area contributed by atoms with E-state index in [0.717, 1.165) is 24.6 Å². The molecule has 0 saturated carbocycles. The number of nitrogens with one attached hydrogen (secondary N) is 2. The lowest BCUT2D eigenvalue weighted by atomic mass is 10.2. The van der Waals surface area contributed by atoms with Gasteiger partial charge < -0.3 is 10.6 Å². The second-order valence-corrected chi connectivity index (χ2v) is 7.86. The van der Waals surface area contributed by atoms with E-state index >= 15 is 0 Å². The Kier molecular flexibility index (Phi) is 6.44. The molecule has 1 heterocycles. The summed E-state index contributed by atoms with van der Waals surface area (Å²) in [6.07, 6.45) is -2.28. The molecular weight excluding hydrogens is 401 g/mol. The van der Waals surface area contributed by atoms with Crippen molar-refractivity contribution in [3.63, 3.8) is 0 Å². The second-order valence-electron chi connectivity index (χ2n) is 5.85. The average molecular weight is 418 g/mol. The van der Waals surface area contributed by atoms with Crippen molar-refractivity contribution in [2.75, 3.05) is 30.0 Å². The molecule has 0 radical (unpaired) electrons. The molecular formula is C16H17F3N4O4S. The molecule has 28 heavy (non-hydrogen) atoms. The molecule has 0 aliphatic heterocycles. The van der Waals surface area contributed by atoms with Crippen LogP contribution in [0.1, 0.15) is 12.0 Å². The number of anilines is 2. The molecule has 152 valence electrons. The van der Waals surface area contributed by atoms with Gasteiger partial charge in [-0.3, -0.25) is 10.1 Å². The first-order chi connectivity index (χ1) is 13.0. The molecule has 0 atom stereocenters. The van der Waals surface area contributed by atoms with E-state index in [1.165, 1.54) is 18.2 Å². The van der Waals surface area contributed by atoms with Crippen LogP contribution in [0.5, 0.6) is 0 Å². The highest BCUT2D eigenvalue weighted by molar-refractivity contribution is 7.90. The van der Waals surface area contributed by atoms with Gasteiger partial charge in [0.1, 0.15) is 11.5 Å². The van der Waals surface area contributed by atoms with Gasteiger partial charge in [-0.05, 0) is 30.7 Å². The Bertz CT molecular complexity index is 947. The van der Waals surface area contributed by atoms with Crippen molar-refractivity contribution in [2.45, 2.75) is 17.5 Å². The molecule has 0 fully saturated rings. The molecule has 0 aliphatic rings. The lowest BCUT2D eigenvalue weighted by molar-refractivity contribution is -0.384. The highest BCUT2D eigenvalue weighted by Gasteiger charge is 2.30. The molecule has 0 bridgehead atoms. The predicted octanol–water partition coefficient (Wildman–Crippen LogP) is 3.33. The van der Waals surface area contributed by atoms with Crippen molar-refractivity contribution in [1.29, 1.82) is 0 Å². The molecule has 2 aromatic rings. The third-order valence-corrected chi connectivity index (χ3v) is 4.77. The minimum absolute atomic E-state index is 0.153. The summed E-state index contributed by atoms with van der Waals surface area (Å²) in [4.78, 5) is 14.0. The molecule has 0 spiro atoms. The highest BCUT2D eigenvalue weighted by atomic mass is 32.2. The number of alkyl halides is 3. The molecule has 0 aliphatic carbocycles. The number of sulfone groups is 1. The third kappa shape index (κ3) is 5.81. The number of hydrogen-bond donors (Lipinski definition) is 2. The van der Waals surface area contributed by atoms with E-state index in [9.17, 15) is 31.7 Å². The number of rotatable bonds is 8. The fraction of sp³-hybridized carbons (Fsp3) is 0.312. The highest BCUT2D eigenvalue weighted by Crippen LogP contribution is 2.29. The van der Waals surface area contributed by atoms with Crippen molar-refractivity contribution in [3.8, 4) is 0 Å². The maximum atomic E-state index is 12.5. The third-order valence-electron chi connectivity index (χ3n) is 3.66. The largest absolute Gasteiger partial charge is 0.417 e. The summed E-state index contributed by atoms with van der Waals surface area (Å²) in [6.45, 7) is 0.674. The van der Waals surface area contributed by atoms with Crippen LogP contribution in [0.4, 0.5) is 30.4 Å². The minimum Gasteiger partial charge on any atom is -0.379 e. The Balaban J connectivity index is 1.89. The number of aromatic nitrogens is 1. The number of nitrogens with zero attached hydrogens (tertiary/aromatic N) is 2. The maximum absolute atomic E-state index is 12.5. The fourth-order valence-electron chi connectivity index (χ4n) is 2.24. The summed E-state index contributed by atoms with van der Waals surface area (Å²) < 4.78 is 60.4. The van der Waals surface area contributed by atoms with Crippen LogP contribution in [0.2, 0.25) is 0 Å². The average Bonchev–Trinajstić information content (AvgIpc) is 2.60. The van der Waals surface area contributed by atoms with E-state index in [-0.39, 0.29) is 22.1 Å². The van der Waals surface area contributed by atoms with E-state index in [1.54, 1.807) is 0 Å². The SMILES string of the molecule is CS(=O)(=O)c1ccc(NCCCNc2ccc(C(F)(F)F)cn2)c([N+](=O)[O-])c1. The molecule has 2 rings (SSSR count). The second kappa shape index (κ2) is 8.42. The van der Waals surface area contributed by atoms with Gasteiger partial charge in [0.05, 0.1) is 15.4 Å². The van der Waals surface area contributed by atoms with Crippen LogP contribution in [0.15, 0.2) is 41.4 Å². The molecule has 8 nitrogen and oxygen atoms in total. The van der Waals surface area contributed by atoms with Gasteiger partial charge in [-0.15, -0.1) is 0 Å². The number of halogens is 3. The Labute approximate surface area is 158 Å². The lowest BCUT2D eigenvalue weighted by Crippen LogP contribution is -2.12. The minimum atomic E-state index is -4.45. The van der Waals surface area contributed by atoms with Crippen molar-refractivity contribution in [3.05, 3.63) is 52.2 Å². The van der Waals surface area contributed by atoms with Crippen LogP contribution in [0.25, 0.3) is 0 Å². The first kappa shape index (κ1) is 21.4. The number of nitro benzene ring substituents is 1. The van der Waals surface area contributed by atoms with E-state index in [1.807, 2.05) is 0 Å². The fourth-order valence-corrected chi connectivity index (χ4v) is 2.88. The van der Waals surface area contributed by atoms with E-state index in [2.05, 4.69) is 15.6 Å². The van der Waals surface area contributed by atoms with Crippen molar-refractivity contribution < 1.29 is 26.5 Å². The molecule has 0 saturated heterocycles. The van der Waals surface area contributed by atoms with Crippen molar-refractivity contribution in [2.24, 2.45) is 0 Å².